The van der Waals surface area contributed by atoms with Crippen molar-refractivity contribution in [1.82, 2.24) is 10.2 Å². The van der Waals surface area contributed by atoms with Crippen molar-refractivity contribution in [2.45, 2.75) is 45.1 Å². The summed E-state index contributed by atoms with van der Waals surface area (Å²) in [6.45, 7) is 2.93. The van der Waals surface area contributed by atoms with Gasteiger partial charge in [0.25, 0.3) is 5.91 Å². The van der Waals surface area contributed by atoms with Crippen LogP contribution in [0.4, 0.5) is 10.5 Å². The lowest BCUT2D eigenvalue weighted by Gasteiger charge is -2.36. The summed E-state index contributed by atoms with van der Waals surface area (Å²) < 4.78 is 10.6. The van der Waals surface area contributed by atoms with Crippen molar-refractivity contribution in [3.63, 3.8) is 0 Å². The molecular weight excluding hydrogens is 378 g/mol. The third kappa shape index (κ3) is 3.20. The molecule has 1 aromatic carbocycles. The van der Waals surface area contributed by atoms with Crippen molar-refractivity contribution in [1.29, 1.82) is 0 Å². The van der Waals surface area contributed by atoms with Crippen LogP contribution >= 0.6 is 0 Å². The molecule has 2 heterocycles. The zero-order chi connectivity index (χ0) is 20.8. The summed E-state index contributed by atoms with van der Waals surface area (Å²) in [7, 11) is 0. The van der Waals surface area contributed by atoms with Crippen LogP contribution in [0.2, 0.25) is 0 Å². The molecule has 1 aliphatic carbocycles. The molecule has 0 bridgehead atoms. The molecule has 1 saturated heterocycles. The number of ketones is 1. The van der Waals surface area contributed by atoms with E-state index in [4.69, 9.17) is 9.47 Å². The van der Waals surface area contributed by atoms with Gasteiger partial charge in [-0.25, -0.2) is 4.79 Å². The molecule has 3 aliphatic rings. The number of imide groups is 1. The third-order valence-electron chi connectivity index (χ3n) is 5.97. The van der Waals surface area contributed by atoms with Gasteiger partial charge in [0.2, 0.25) is 12.7 Å². The molecule has 1 saturated carbocycles. The quantitative estimate of drug-likeness (QED) is 0.590. The zero-order valence-electron chi connectivity index (χ0n) is 16.4. The smallest absolute Gasteiger partial charge is 0.325 e. The van der Waals surface area contributed by atoms with Gasteiger partial charge < -0.3 is 20.1 Å². The number of hydrogen-bond acceptors (Lipinski definition) is 6. The first-order chi connectivity index (χ1) is 13.8. The van der Waals surface area contributed by atoms with Crippen molar-refractivity contribution in [3.8, 4) is 11.5 Å². The van der Waals surface area contributed by atoms with E-state index in [0.29, 0.717) is 17.9 Å². The van der Waals surface area contributed by atoms with E-state index >= 15 is 0 Å². The van der Waals surface area contributed by atoms with E-state index in [2.05, 4.69) is 10.6 Å². The van der Waals surface area contributed by atoms with Crippen LogP contribution in [0, 0.1) is 5.92 Å². The van der Waals surface area contributed by atoms with Gasteiger partial charge in [-0.1, -0.05) is 19.8 Å². The second-order valence-electron chi connectivity index (χ2n) is 7.80. The number of carbonyl (C=O) groups excluding carboxylic acids is 4. The maximum Gasteiger partial charge on any atom is 0.325 e. The normalized spacial score (nSPS) is 25.3. The number of nitrogens with zero attached hydrogens (tertiary/aromatic N) is 1. The second kappa shape index (κ2) is 7.06. The highest BCUT2D eigenvalue weighted by molar-refractivity contribution is 6.11. The Morgan fingerprint density at radius 3 is 2.66 bits per heavy atom. The number of benzene rings is 1. The predicted octanol–water partition coefficient (Wildman–Crippen LogP) is 2.06. The van der Waals surface area contributed by atoms with Crippen molar-refractivity contribution in [3.05, 3.63) is 17.7 Å². The van der Waals surface area contributed by atoms with Crippen LogP contribution in [0.1, 0.15) is 49.9 Å². The second-order valence-corrected chi connectivity index (χ2v) is 7.80. The van der Waals surface area contributed by atoms with Crippen molar-refractivity contribution in [2.24, 2.45) is 5.92 Å². The van der Waals surface area contributed by atoms with Crippen molar-refractivity contribution < 1.29 is 28.7 Å². The fraction of sp³-hybridized carbons (Fsp3) is 0.500. The largest absolute Gasteiger partial charge is 0.454 e. The van der Waals surface area contributed by atoms with Crippen LogP contribution < -0.4 is 20.1 Å². The van der Waals surface area contributed by atoms with Gasteiger partial charge in [-0.3, -0.25) is 19.3 Å². The summed E-state index contributed by atoms with van der Waals surface area (Å²) in [6, 6.07) is 2.46. The van der Waals surface area contributed by atoms with E-state index in [0.717, 1.165) is 24.2 Å². The molecule has 1 aromatic rings. The maximum absolute atomic E-state index is 13.0. The number of hydrogen-bond donors (Lipinski definition) is 2. The average molecular weight is 401 g/mol. The van der Waals surface area contributed by atoms with E-state index in [1.165, 1.54) is 19.1 Å². The first-order valence-corrected chi connectivity index (χ1v) is 9.70. The molecule has 4 amide bonds. The van der Waals surface area contributed by atoms with Gasteiger partial charge in [0.05, 0.1) is 5.69 Å². The Hall–Kier alpha value is -3.10. The molecule has 2 atom stereocenters. The zero-order valence-corrected chi connectivity index (χ0v) is 16.4. The van der Waals surface area contributed by atoms with E-state index < -0.39 is 24.0 Å². The first kappa shape index (κ1) is 19.2. The molecule has 2 aliphatic heterocycles. The molecule has 4 rings (SSSR count). The molecule has 0 radical (unpaired) electrons. The summed E-state index contributed by atoms with van der Waals surface area (Å²) >= 11 is 0. The number of carbonyl (C=O) groups is 4. The summed E-state index contributed by atoms with van der Waals surface area (Å²) in [6.07, 6.45) is 3.30. The Labute approximate surface area is 167 Å². The van der Waals surface area contributed by atoms with Crippen LogP contribution in [0.25, 0.3) is 0 Å². The van der Waals surface area contributed by atoms with Crippen LogP contribution in [0.5, 0.6) is 11.5 Å². The summed E-state index contributed by atoms with van der Waals surface area (Å²) in [5.41, 5.74) is -0.407. The van der Waals surface area contributed by atoms with Gasteiger partial charge in [-0.2, -0.15) is 0 Å². The van der Waals surface area contributed by atoms with E-state index in [1.54, 1.807) is 0 Å². The van der Waals surface area contributed by atoms with Crippen LogP contribution in [0.15, 0.2) is 12.1 Å². The van der Waals surface area contributed by atoms with Gasteiger partial charge in [0.1, 0.15) is 12.1 Å². The molecule has 29 heavy (non-hydrogen) atoms. The lowest BCUT2D eigenvalue weighted by atomic mass is 9.73. The van der Waals surface area contributed by atoms with E-state index in [1.807, 2.05) is 6.92 Å². The number of anilines is 1. The number of rotatable bonds is 4. The molecule has 1 spiro atoms. The molecule has 154 valence electrons. The Morgan fingerprint density at radius 2 is 1.97 bits per heavy atom. The fourth-order valence-electron chi connectivity index (χ4n) is 4.31. The number of fused-ring (bicyclic) bond motifs is 1. The Morgan fingerprint density at radius 1 is 1.24 bits per heavy atom. The number of nitrogens with one attached hydrogen (secondary N) is 2. The number of ether oxygens (including phenoxy) is 2. The lowest BCUT2D eigenvalue weighted by Crippen LogP contribution is -2.54. The molecular formula is C20H23N3O6. The van der Waals surface area contributed by atoms with Gasteiger partial charge in [-0.05, 0) is 31.7 Å². The Bertz CT molecular complexity index is 914. The molecule has 0 aromatic heterocycles. The molecule has 9 nitrogen and oxygen atoms in total. The molecule has 9 heteroatoms. The minimum atomic E-state index is -0.918. The van der Waals surface area contributed by atoms with Gasteiger partial charge in [0.15, 0.2) is 17.3 Å². The number of urea groups is 1. The Balaban J connectivity index is 1.51. The Kier molecular flexibility index (Phi) is 4.68. The molecule has 2 fully saturated rings. The highest BCUT2D eigenvalue weighted by atomic mass is 16.7. The number of Topliss-reactive ketones (excluding diaryl/α,β-unsaturated/α-hetero) is 1. The topological polar surface area (TPSA) is 114 Å². The predicted molar refractivity (Wildman–Crippen MR) is 102 cm³/mol. The third-order valence-corrected chi connectivity index (χ3v) is 5.97. The first-order valence-electron chi connectivity index (χ1n) is 9.70. The summed E-state index contributed by atoms with van der Waals surface area (Å²) in [5, 5.41) is 5.44. The SMILES string of the molecule is CC(=O)c1cc2c(cc1NC(=O)CN1C(=O)N[C@@]3(CCCC[C@@H]3C)C1=O)OCO2. The monoisotopic (exact) mass is 401 g/mol. The minimum absolute atomic E-state index is 0.0129. The maximum atomic E-state index is 13.0. The van der Waals surface area contributed by atoms with Gasteiger partial charge >= 0.3 is 6.03 Å². The standard InChI is InChI=1S/C20H23N3O6/c1-11-5-3-4-6-20(11)18(26)23(19(27)22-20)9-17(25)21-14-8-16-15(28-10-29-16)7-13(14)12(2)24/h7-8,11H,3-6,9-10H2,1-2H3,(H,21,25)(H,22,27)/t11-,20+/m0/s1. The van der Waals surface area contributed by atoms with Crippen LogP contribution in [-0.4, -0.2) is 47.4 Å². The minimum Gasteiger partial charge on any atom is -0.454 e. The van der Waals surface area contributed by atoms with Gasteiger partial charge in [0, 0.05) is 11.6 Å². The average Bonchev–Trinajstić information content (AvgIpc) is 3.22. The van der Waals surface area contributed by atoms with Crippen LogP contribution in [-0.2, 0) is 9.59 Å². The van der Waals surface area contributed by atoms with Gasteiger partial charge in [-0.15, -0.1) is 0 Å². The highest BCUT2D eigenvalue weighted by Gasteiger charge is 2.55. The highest BCUT2D eigenvalue weighted by Crippen LogP contribution is 2.39. The lowest BCUT2D eigenvalue weighted by molar-refractivity contribution is -0.136. The summed E-state index contributed by atoms with van der Waals surface area (Å²) in [5.74, 6) is -0.342. The number of amides is 4. The van der Waals surface area contributed by atoms with Crippen molar-refractivity contribution >= 4 is 29.3 Å². The van der Waals surface area contributed by atoms with Crippen LogP contribution in [0.3, 0.4) is 0 Å². The molecule has 2 N–H and O–H groups in total. The van der Waals surface area contributed by atoms with Crippen molar-refractivity contribution in [2.75, 3.05) is 18.7 Å². The van der Waals surface area contributed by atoms with E-state index in [9.17, 15) is 19.2 Å². The summed E-state index contributed by atoms with van der Waals surface area (Å²) in [4.78, 5) is 51.0. The molecule has 0 unspecified atom stereocenters. The van der Waals surface area contributed by atoms with E-state index in [-0.39, 0.29) is 35.7 Å². The fourth-order valence-corrected chi connectivity index (χ4v) is 4.31.